The highest BCUT2D eigenvalue weighted by Gasteiger charge is 2.12. The Labute approximate surface area is 92.2 Å². The third kappa shape index (κ3) is 5.25. The summed E-state index contributed by atoms with van der Waals surface area (Å²) in [4.78, 5) is 11.6. The Kier molecular flexibility index (Phi) is 6.50. The van der Waals surface area contributed by atoms with E-state index in [1.54, 1.807) is 13.0 Å². The molecule has 0 aliphatic carbocycles. The van der Waals surface area contributed by atoms with Gasteiger partial charge in [0.05, 0.1) is 12.2 Å². The summed E-state index contributed by atoms with van der Waals surface area (Å²) >= 11 is 0. The van der Waals surface area contributed by atoms with E-state index in [9.17, 15) is 4.79 Å². The third-order valence-corrected chi connectivity index (χ3v) is 1.83. The average molecular weight is 211 g/mol. The molecule has 1 N–H and O–H groups in total. The van der Waals surface area contributed by atoms with Gasteiger partial charge in [0.25, 0.3) is 0 Å². The van der Waals surface area contributed by atoms with E-state index < -0.39 is 0 Å². The molecule has 86 valence electrons. The largest absolute Gasteiger partial charge is 0.463 e. The van der Waals surface area contributed by atoms with Crippen LogP contribution < -0.4 is 5.32 Å². The van der Waals surface area contributed by atoms with Gasteiger partial charge in [0.15, 0.2) is 0 Å². The summed E-state index contributed by atoms with van der Waals surface area (Å²) in [5.74, 6) is -0.261. The second-order valence-electron chi connectivity index (χ2n) is 3.62. The Morgan fingerprint density at radius 3 is 2.53 bits per heavy atom. The van der Waals surface area contributed by atoms with Crippen molar-refractivity contribution in [2.75, 3.05) is 6.61 Å². The summed E-state index contributed by atoms with van der Waals surface area (Å²) in [5, 5.41) is 3.20. The number of esters is 1. The van der Waals surface area contributed by atoms with Crippen molar-refractivity contribution in [1.82, 2.24) is 5.32 Å². The predicted molar refractivity (Wildman–Crippen MR) is 62.4 cm³/mol. The predicted octanol–water partition coefficient (Wildman–Crippen LogP) is 2.40. The molecule has 0 fully saturated rings. The number of allylic oxidation sites excluding steroid dienone is 2. The van der Waals surface area contributed by atoms with Crippen molar-refractivity contribution in [2.45, 2.75) is 40.2 Å². The number of hydrogen-bond donors (Lipinski definition) is 1. The molecule has 0 aliphatic heterocycles. The zero-order valence-electron chi connectivity index (χ0n) is 10.1. The van der Waals surface area contributed by atoms with Crippen LogP contribution in [-0.2, 0) is 9.53 Å². The second-order valence-corrected chi connectivity index (χ2v) is 3.62. The van der Waals surface area contributed by atoms with Gasteiger partial charge in [-0.15, -0.1) is 6.58 Å². The Morgan fingerprint density at radius 2 is 2.13 bits per heavy atom. The SMILES string of the molecule is C=CC/C(C(=O)OCC)=C(\C)NC(C)C. The van der Waals surface area contributed by atoms with Crippen LogP contribution >= 0.6 is 0 Å². The lowest BCUT2D eigenvalue weighted by Gasteiger charge is -2.14. The molecule has 0 aromatic rings. The van der Waals surface area contributed by atoms with Crippen molar-refractivity contribution in [3.8, 4) is 0 Å². The smallest absolute Gasteiger partial charge is 0.336 e. The maximum Gasteiger partial charge on any atom is 0.336 e. The fourth-order valence-electron chi connectivity index (χ4n) is 1.27. The average Bonchev–Trinajstić information content (AvgIpc) is 2.13. The normalized spacial score (nSPS) is 12.1. The highest BCUT2D eigenvalue weighted by Crippen LogP contribution is 2.10. The number of carbonyl (C=O) groups is 1. The molecule has 0 radical (unpaired) electrons. The minimum atomic E-state index is -0.261. The molecular formula is C12H21NO2. The number of rotatable bonds is 6. The molecule has 0 aromatic heterocycles. The van der Waals surface area contributed by atoms with Crippen LogP contribution in [0.25, 0.3) is 0 Å². The van der Waals surface area contributed by atoms with Gasteiger partial charge in [-0.25, -0.2) is 4.79 Å². The van der Waals surface area contributed by atoms with Crippen molar-refractivity contribution in [3.05, 3.63) is 23.9 Å². The van der Waals surface area contributed by atoms with E-state index in [1.165, 1.54) is 0 Å². The van der Waals surface area contributed by atoms with Gasteiger partial charge in [-0.2, -0.15) is 0 Å². The fraction of sp³-hybridized carbons (Fsp3) is 0.583. The molecule has 3 nitrogen and oxygen atoms in total. The Balaban J connectivity index is 4.74. The summed E-state index contributed by atoms with van der Waals surface area (Å²) in [7, 11) is 0. The van der Waals surface area contributed by atoms with Crippen molar-refractivity contribution < 1.29 is 9.53 Å². The van der Waals surface area contributed by atoms with E-state index in [-0.39, 0.29) is 5.97 Å². The lowest BCUT2D eigenvalue weighted by molar-refractivity contribution is -0.138. The first-order valence-corrected chi connectivity index (χ1v) is 5.27. The fourth-order valence-corrected chi connectivity index (χ4v) is 1.27. The molecule has 15 heavy (non-hydrogen) atoms. The van der Waals surface area contributed by atoms with Crippen LogP contribution in [0.2, 0.25) is 0 Å². The molecule has 0 heterocycles. The first-order chi connectivity index (χ1) is 7.02. The number of carbonyl (C=O) groups excluding carboxylic acids is 1. The maximum atomic E-state index is 11.6. The summed E-state index contributed by atoms with van der Waals surface area (Å²) in [6, 6.07) is 0.305. The van der Waals surface area contributed by atoms with Gasteiger partial charge in [-0.05, 0) is 34.1 Å². The first kappa shape index (κ1) is 13.8. The van der Waals surface area contributed by atoms with E-state index in [4.69, 9.17) is 4.74 Å². The van der Waals surface area contributed by atoms with Gasteiger partial charge in [0.1, 0.15) is 0 Å². The zero-order chi connectivity index (χ0) is 11.8. The van der Waals surface area contributed by atoms with Crippen LogP contribution in [0.1, 0.15) is 34.1 Å². The van der Waals surface area contributed by atoms with E-state index in [0.29, 0.717) is 24.6 Å². The van der Waals surface area contributed by atoms with Crippen LogP contribution in [0.4, 0.5) is 0 Å². The Hall–Kier alpha value is -1.25. The van der Waals surface area contributed by atoms with E-state index in [1.807, 2.05) is 20.8 Å². The van der Waals surface area contributed by atoms with Crippen LogP contribution in [-0.4, -0.2) is 18.6 Å². The van der Waals surface area contributed by atoms with Gasteiger partial charge in [0, 0.05) is 11.7 Å². The molecule has 0 atom stereocenters. The quantitative estimate of drug-likeness (QED) is 0.416. The van der Waals surface area contributed by atoms with Crippen molar-refractivity contribution >= 4 is 5.97 Å². The third-order valence-electron chi connectivity index (χ3n) is 1.83. The molecule has 0 bridgehead atoms. The number of nitrogens with one attached hydrogen (secondary N) is 1. The number of hydrogen-bond acceptors (Lipinski definition) is 3. The molecule has 0 saturated heterocycles. The van der Waals surface area contributed by atoms with E-state index in [0.717, 1.165) is 5.70 Å². The van der Waals surface area contributed by atoms with Gasteiger partial charge in [-0.1, -0.05) is 6.08 Å². The van der Waals surface area contributed by atoms with E-state index >= 15 is 0 Å². The lowest BCUT2D eigenvalue weighted by atomic mass is 10.1. The molecule has 3 heteroatoms. The minimum Gasteiger partial charge on any atom is -0.463 e. The zero-order valence-corrected chi connectivity index (χ0v) is 10.1. The molecule has 0 amide bonds. The molecule has 0 rings (SSSR count). The first-order valence-electron chi connectivity index (χ1n) is 5.27. The highest BCUT2D eigenvalue weighted by atomic mass is 16.5. The van der Waals surface area contributed by atoms with Crippen molar-refractivity contribution in [3.63, 3.8) is 0 Å². The maximum absolute atomic E-state index is 11.6. The Morgan fingerprint density at radius 1 is 1.53 bits per heavy atom. The van der Waals surface area contributed by atoms with Crippen molar-refractivity contribution in [2.24, 2.45) is 0 Å². The molecule has 0 saturated carbocycles. The molecule has 0 unspecified atom stereocenters. The van der Waals surface area contributed by atoms with Crippen molar-refractivity contribution in [1.29, 1.82) is 0 Å². The summed E-state index contributed by atoms with van der Waals surface area (Å²) in [6.45, 7) is 11.8. The van der Waals surface area contributed by atoms with Crippen LogP contribution in [0, 0.1) is 0 Å². The van der Waals surface area contributed by atoms with Crippen LogP contribution in [0.5, 0.6) is 0 Å². The van der Waals surface area contributed by atoms with Gasteiger partial charge >= 0.3 is 5.97 Å². The van der Waals surface area contributed by atoms with Crippen LogP contribution in [0.3, 0.4) is 0 Å². The minimum absolute atomic E-state index is 0.261. The summed E-state index contributed by atoms with van der Waals surface area (Å²) in [5.41, 5.74) is 1.52. The molecule has 0 aliphatic rings. The lowest BCUT2D eigenvalue weighted by Crippen LogP contribution is -2.24. The van der Waals surface area contributed by atoms with Gasteiger partial charge in [-0.3, -0.25) is 0 Å². The standard InChI is InChI=1S/C12H21NO2/c1-6-8-11(12(14)15-7-2)10(5)13-9(3)4/h6,9,13H,1,7-8H2,2-5H3/b11-10-. The summed E-state index contributed by atoms with van der Waals surface area (Å²) in [6.07, 6.45) is 2.24. The monoisotopic (exact) mass is 211 g/mol. The van der Waals surface area contributed by atoms with E-state index in [2.05, 4.69) is 11.9 Å². The van der Waals surface area contributed by atoms with Crippen LogP contribution in [0.15, 0.2) is 23.9 Å². The number of ether oxygens (including phenoxy) is 1. The Bertz CT molecular complexity index is 254. The van der Waals surface area contributed by atoms with Gasteiger partial charge in [0.2, 0.25) is 0 Å². The topological polar surface area (TPSA) is 38.3 Å². The summed E-state index contributed by atoms with van der Waals surface area (Å²) < 4.78 is 4.97. The molecule has 0 aromatic carbocycles. The molecular weight excluding hydrogens is 190 g/mol. The van der Waals surface area contributed by atoms with Gasteiger partial charge < -0.3 is 10.1 Å². The second kappa shape index (κ2) is 7.10. The molecule has 0 spiro atoms. The highest BCUT2D eigenvalue weighted by molar-refractivity contribution is 5.89.